The van der Waals surface area contributed by atoms with Crippen LogP contribution in [-0.2, 0) is 0 Å². The van der Waals surface area contributed by atoms with Crippen molar-refractivity contribution in [3.63, 3.8) is 0 Å². The van der Waals surface area contributed by atoms with Crippen molar-refractivity contribution in [2.45, 2.75) is 0 Å². The van der Waals surface area contributed by atoms with E-state index in [-0.39, 0.29) is 0 Å². The minimum absolute atomic E-state index is 0.304. The zero-order valence-electron chi connectivity index (χ0n) is 6.47. The third-order valence-corrected chi connectivity index (χ3v) is 1.91. The van der Waals surface area contributed by atoms with Gasteiger partial charge in [0.25, 0.3) is 0 Å². The number of nitrogens with one attached hydrogen (secondary N) is 2. The van der Waals surface area contributed by atoms with Crippen LogP contribution in [0.5, 0.6) is 0 Å². The summed E-state index contributed by atoms with van der Waals surface area (Å²) in [6.45, 7) is 0. The molecule has 0 saturated carbocycles. The van der Waals surface area contributed by atoms with Crippen molar-refractivity contribution in [2.24, 2.45) is 5.84 Å². The van der Waals surface area contributed by atoms with E-state index in [4.69, 9.17) is 41.3 Å². The predicted octanol–water partition coefficient (Wildman–Crippen LogP) is 2.15. The Hall–Kier alpha value is -0.550. The Morgan fingerprint density at radius 2 is 1.77 bits per heavy atom. The van der Waals surface area contributed by atoms with Gasteiger partial charge in [0.2, 0.25) is 0 Å². The molecule has 0 aliphatic rings. The van der Waals surface area contributed by atoms with Gasteiger partial charge in [0.1, 0.15) is 0 Å². The second-order valence-corrected chi connectivity index (χ2v) is 3.54. The van der Waals surface area contributed by atoms with Gasteiger partial charge in [-0.2, -0.15) is 0 Å². The van der Waals surface area contributed by atoms with E-state index in [1.165, 1.54) is 0 Å². The lowest BCUT2D eigenvalue weighted by atomic mass is 10.3. The molecule has 13 heavy (non-hydrogen) atoms. The molecular formula is C7H7Cl2N3S. The van der Waals surface area contributed by atoms with Crippen molar-refractivity contribution in [3.8, 4) is 0 Å². The van der Waals surface area contributed by atoms with Crippen molar-refractivity contribution in [1.29, 1.82) is 0 Å². The van der Waals surface area contributed by atoms with Gasteiger partial charge in [0.15, 0.2) is 5.11 Å². The van der Waals surface area contributed by atoms with Crippen LogP contribution in [0.2, 0.25) is 10.0 Å². The van der Waals surface area contributed by atoms with Crippen LogP contribution in [0, 0.1) is 0 Å². The highest BCUT2D eigenvalue weighted by atomic mass is 35.5. The van der Waals surface area contributed by atoms with Gasteiger partial charge < -0.3 is 10.7 Å². The number of benzene rings is 1. The Morgan fingerprint density at radius 3 is 2.23 bits per heavy atom. The molecule has 0 spiro atoms. The van der Waals surface area contributed by atoms with Gasteiger partial charge >= 0.3 is 0 Å². The summed E-state index contributed by atoms with van der Waals surface area (Å²) in [6, 6.07) is 5.02. The molecule has 0 atom stereocenters. The molecule has 4 N–H and O–H groups in total. The average Bonchev–Trinajstić information content (AvgIpc) is 2.02. The molecule has 6 heteroatoms. The second kappa shape index (κ2) is 4.62. The van der Waals surface area contributed by atoms with E-state index in [0.717, 1.165) is 0 Å². The molecule has 1 rings (SSSR count). The first-order chi connectivity index (χ1) is 6.11. The highest BCUT2D eigenvalue weighted by molar-refractivity contribution is 7.80. The number of halogens is 2. The van der Waals surface area contributed by atoms with Gasteiger partial charge in [0.05, 0.1) is 0 Å². The number of hydrogen-bond donors (Lipinski definition) is 3. The smallest absolute Gasteiger partial charge is 0.185 e. The Kier molecular flexibility index (Phi) is 3.74. The molecular weight excluding hydrogens is 229 g/mol. The number of thiocarbonyl (C=S) groups is 1. The standard InChI is InChI=1S/C7H7Cl2N3S/c8-4-1-5(9)3-6(2-4)11-7(13)12-10/h1-3H,10H2,(H2,11,12,13). The molecule has 0 amide bonds. The summed E-state index contributed by atoms with van der Waals surface area (Å²) in [6.07, 6.45) is 0. The number of hydrazine groups is 1. The summed E-state index contributed by atoms with van der Waals surface area (Å²) in [5.41, 5.74) is 2.98. The minimum Gasteiger partial charge on any atom is -0.332 e. The van der Waals surface area contributed by atoms with Gasteiger partial charge in [-0.15, -0.1) is 0 Å². The van der Waals surface area contributed by atoms with Crippen LogP contribution in [0.1, 0.15) is 0 Å². The molecule has 70 valence electrons. The fourth-order valence-electron chi connectivity index (χ4n) is 0.793. The maximum Gasteiger partial charge on any atom is 0.185 e. The summed E-state index contributed by atoms with van der Waals surface area (Å²) in [5, 5.41) is 4.18. The van der Waals surface area contributed by atoms with Crippen molar-refractivity contribution in [2.75, 3.05) is 5.32 Å². The third-order valence-electron chi connectivity index (χ3n) is 1.25. The monoisotopic (exact) mass is 235 g/mol. The molecule has 0 aliphatic heterocycles. The molecule has 0 heterocycles. The van der Waals surface area contributed by atoms with Gasteiger partial charge in [-0.1, -0.05) is 23.2 Å². The molecule has 0 radical (unpaired) electrons. The Morgan fingerprint density at radius 1 is 1.23 bits per heavy atom. The van der Waals surface area contributed by atoms with Crippen molar-refractivity contribution in [1.82, 2.24) is 5.43 Å². The lowest BCUT2D eigenvalue weighted by molar-refractivity contribution is 1.04. The van der Waals surface area contributed by atoms with Crippen LogP contribution in [0.15, 0.2) is 18.2 Å². The molecule has 0 unspecified atom stereocenters. The van der Waals surface area contributed by atoms with Crippen LogP contribution < -0.4 is 16.6 Å². The highest BCUT2D eigenvalue weighted by Crippen LogP contribution is 2.22. The first-order valence-electron chi connectivity index (χ1n) is 3.35. The maximum atomic E-state index is 5.76. The van der Waals surface area contributed by atoms with Crippen molar-refractivity contribution >= 4 is 46.2 Å². The van der Waals surface area contributed by atoms with Gasteiger partial charge in [-0.25, -0.2) is 5.84 Å². The van der Waals surface area contributed by atoms with Crippen LogP contribution >= 0.6 is 35.4 Å². The molecule has 0 aliphatic carbocycles. The van der Waals surface area contributed by atoms with Gasteiger partial charge in [-0.05, 0) is 30.4 Å². The lowest BCUT2D eigenvalue weighted by Gasteiger charge is -2.07. The third kappa shape index (κ3) is 3.36. The van der Waals surface area contributed by atoms with Crippen LogP contribution in [0.4, 0.5) is 5.69 Å². The number of rotatable bonds is 1. The SMILES string of the molecule is NNC(=S)Nc1cc(Cl)cc(Cl)c1. The number of nitrogens with two attached hydrogens (primary N) is 1. The molecule has 3 nitrogen and oxygen atoms in total. The number of hydrogen-bond acceptors (Lipinski definition) is 2. The molecule has 0 bridgehead atoms. The predicted molar refractivity (Wildman–Crippen MR) is 60.0 cm³/mol. The summed E-state index contributed by atoms with van der Waals surface area (Å²) in [4.78, 5) is 0. The first kappa shape index (κ1) is 10.5. The van der Waals surface area contributed by atoms with Crippen LogP contribution in [-0.4, -0.2) is 5.11 Å². The van der Waals surface area contributed by atoms with E-state index in [1.54, 1.807) is 18.2 Å². The van der Waals surface area contributed by atoms with E-state index in [9.17, 15) is 0 Å². The van der Waals surface area contributed by atoms with Crippen molar-refractivity contribution in [3.05, 3.63) is 28.2 Å². The molecule has 0 aromatic heterocycles. The molecule has 0 saturated heterocycles. The minimum atomic E-state index is 0.304. The zero-order chi connectivity index (χ0) is 9.84. The van der Waals surface area contributed by atoms with Crippen molar-refractivity contribution < 1.29 is 0 Å². The molecule has 1 aromatic rings. The highest BCUT2D eigenvalue weighted by Gasteiger charge is 1.98. The quantitative estimate of drug-likeness (QED) is 0.397. The van der Waals surface area contributed by atoms with Gasteiger partial charge in [-0.3, -0.25) is 0 Å². The molecule has 0 fully saturated rings. The van der Waals surface area contributed by atoms with E-state index in [2.05, 4.69) is 10.7 Å². The second-order valence-electron chi connectivity index (χ2n) is 2.26. The molecule has 1 aromatic carbocycles. The van der Waals surface area contributed by atoms with E-state index in [1.807, 2.05) is 0 Å². The van der Waals surface area contributed by atoms with E-state index < -0.39 is 0 Å². The fourth-order valence-corrected chi connectivity index (χ4v) is 1.44. The number of anilines is 1. The summed E-state index contributed by atoms with van der Waals surface area (Å²) in [5.74, 6) is 5.08. The summed E-state index contributed by atoms with van der Waals surface area (Å²) >= 11 is 16.3. The lowest BCUT2D eigenvalue weighted by Crippen LogP contribution is -2.34. The van der Waals surface area contributed by atoms with Gasteiger partial charge in [0, 0.05) is 15.7 Å². The fraction of sp³-hybridized carbons (Fsp3) is 0. The van der Waals surface area contributed by atoms with E-state index >= 15 is 0 Å². The Labute approximate surface area is 91.2 Å². The normalized spacial score (nSPS) is 9.46. The summed E-state index contributed by atoms with van der Waals surface area (Å²) in [7, 11) is 0. The van der Waals surface area contributed by atoms with E-state index in [0.29, 0.717) is 20.8 Å². The zero-order valence-corrected chi connectivity index (χ0v) is 8.80. The maximum absolute atomic E-state index is 5.76. The van der Waals surface area contributed by atoms with Crippen LogP contribution in [0.3, 0.4) is 0 Å². The topological polar surface area (TPSA) is 50.1 Å². The average molecular weight is 236 g/mol. The largest absolute Gasteiger partial charge is 0.332 e. The van der Waals surface area contributed by atoms with Crippen LogP contribution in [0.25, 0.3) is 0 Å². The first-order valence-corrected chi connectivity index (χ1v) is 4.52. The Balaban J connectivity index is 2.83. The summed E-state index contributed by atoms with van der Waals surface area (Å²) < 4.78 is 0. The Bertz CT molecular complexity index is 309.